The van der Waals surface area contributed by atoms with E-state index in [9.17, 15) is 4.39 Å². The van der Waals surface area contributed by atoms with Gasteiger partial charge in [-0.25, -0.2) is 4.39 Å². The second-order valence-electron chi connectivity index (χ2n) is 2.56. The molecule has 0 spiro atoms. The summed E-state index contributed by atoms with van der Waals surface area (Å²) in [4.78, 5) is 3.82. The summed E-state index contributed by atoms with van der Waals surface area (Å²) in [5, 5.41) is 1.18. The van der Waals surface area contributed by atoms with Crippen molar-refractivity contribution in [2.75, 3.05) is 5.73 Å². The molecule has 0 fully saturated rings. The van der Waals surface area contributed by atoms with Gasteiger partial charge in [0.15, 0.2) is 0 Å². The van der Waals surface area contributed by atoms with Crippen molar-refractivity contribution in [2.24, 2.45) is 0 Å². The molecule has 2 rings (SSSR count). The first-order chi connectivity index (χ1) is 5.79. The van der Waals surface area contributed by atoms with Crippen molar-refractivity contribution in [3.05, 3.63) is 36.4 Å². The molecule has 0 aliphatic rings. The van der Waals surface area contributed by atoms with Crippen molar-refractivity contribution in [3.63, 3.8) is 0 Å². The summed E-state index contributed by atoms with van der Waals surface area (Å²) in [5.74, 6) is -0.285. The van der Waals surface area contributed by atoms with E-state index in [0.717, 1.165) is 0 Å². The summed E-state index contributed by atoms with van der Waals surface area (Å²) in [5.41, 5.74) is 6.21. The van der Waals surface area contributed by atoms with Crippen LogP contribution in [-0.4, -0.2) is 4.98 Å². The molecule has 1 aromatic heterocycles. The van der Waals surface area contributed by atoms with E-state index >= 15 is 0 Å². The third-order valence-electron chi connectivity index (χ3n) is 1.80. The van der Waals surface area contributed by atoms with Gasteiger partial charge >= 0.3 is 0 Å². The third kappa shape index (κ3) is 0.906. The van der Waals surface area contributed by atoms with E-state index in [0.29, 0.717) is 16.5 Å². The van der Waals surface area contributed by atoms with Gasteiger partial charge in [-0.05, 0) is 18.2 Å². The van der Waals surface area contributed by atoms with Crippen molar-refractivity contribution < 1.29 is 4.39 Å². The fourth-order valence-corrected chi connectivity index (χ4v) is 1.18. The highest BCUT2D eigenvalue weighted by Crippen LogP contribution is 2.21. The molecule has 60 valence electrons. The first kappa shape index (κ1) is 7.03. The first-order valence-corrected chi connectivity index (χ1v) is 3.57. The zero-order chi connectivity index (χ0) is 8.55. The Hall–Kier alpha value is -1.64. The number of hydrogen-bond acceptors (Lipinski definition) is 2. The molecule has 0 saturated heterocycles. The van der Waals surface area contributed by atoms with Gasteiger partial charge in [0.05, 0.1) is 0 Å². The van der Waals surface area contributed by atoms with E-state index in [1.807, 2.05) is 0 Å². The maximum atomic E-state index is 13.1. The number of pyridine rings is 1. The molecule has 0 saturated carbocycles. The second kappa shape index (κ2) is 2.44. The highest BCUT2D eigenvalue weighted by molar-refractivity contribution is 5.92. The largest absolute Gasteiger partial charge is 0.398 e. The van der Waals surface area contributed by atoms with Gasteiger partial charge < -0.3 is 5.73 Å². The highest BCUT2D eigenvalue weighted by atomic mass is 19.1. The van der Waals surface area contributed by atoms with Crippen LogP contribution in [0.3, 0.4) is 0 Å². The number of hydrogen-bond donors (Lipinski definition) is 1. The van der Waals surface area contributed by atoms with Crippen LogP contribution in [0.5, 0.6) is 0 Å². The van der Waals surface area contributed by atoms with Crippen molar-refractivity contribution in [1.29, 1.82) is 0 Å². The molecule has 0 radical (unpaired) electrons. The minimum atomic E-state index is -0.285. The Morgan fingerprint density at radius 2 is 2.00 bits per heavy atom. The van der Waals surface area contributed by atoms with Crippen LogP contribution in [0.4, 0.5) is 10.1 Å². The predicted molar refractivity (Wildman–Crippen MR) is 46.1 cm³/mol. The van der Waals surface area contributed by atoms with E-state index < -0.39 is 0 Å². The van der Waals surface area contributed by atoms with Crippen LogP contribution in [0.15, 0.2) is 30.6 Å². The number of anilines is 1. The molecular weight excluding hydrogens is 155 g/mol. The van der Waals surface area contributed by atoms with Gasteiger partial charge in [-0.2, -0.15) is 0 Å². The molecular formula is C9H7FN2. The fourth-order valence-electron chi connectivity index (χ4n) is 1.18. The SMILES string of the molecule is Nc1ccc(F)c2cnccc12. The van der Waals surface area contributed by atoms with Crippen molar-refractivity contribution in [1.82, 2.24) is 4.98 Å². The van der Waals surface area contributed by atoms with E-state index in [1.54, 1.807) is 18.3 Å². The number of fused-ring (bicyclic) bond motifs is 1. The Balaban J connectivity index is 2.95. The Morgan fingerprint density at radius 3 is 2.75 bits per heavy atom. The molecule has 3 heteroatoms. The standard InChI is InChI=1S/C9H7FN2/c10-8-1-2-9(11)6-3-4-12-5-7(6)8/h1-5H,11H2. The Bertz CT molecular complexity index is 385. The van der Waals surface area contributed by atoms with Crippen LogP contribution in [0.2, 0.25) is 0 Å². The topological polar surface area (TPSA) is 38.9 Å². The zero-order valence-electron chi connectivity index (χ0n) is 6.29. The fraction of sp³-hybridized carbons (Fsp3) is 0. The van der Waals surface area contributed by atoms with Gasteiger partial charge in [0.25, 0.3) is 0 Å². The molecule has 0 aliphatic carbocycles. The van der Waals surface area contributed by atoms with E-state index in [-0.39, 0.29) is 5.82 Å². The lowest BCUT2D eigenvalue weighted by atomic mass is 10.1. The number of aromatic nitrogens is 1. The van der Waals surface area contributed by atoms with E-state index in [1.165, 1.54) is 12.3 Å². The molecule has 2 N–H and O–H groups in total. The van der Waals surface area contributed by atoms with Crippen LogP contribution in [0.25, 0.3) is 10.8 Å². The summed E-state index contributed by atoms with van der Waals surface area (Å²) in [6.07, 6.45) is 3.07. The molecule has 0 amide bonds. The lowest BCUT2D eigenvalue weighted by Gasteiger charge is -2.00. The molecule has 0 unspecified atom stereocenters. The van der Waals surface area contributed by atoms with Crippen LogP contribution in [0.1, 0.15) is 0 Å². The van der Waals surface area contributed by atoms with Crippen LogP contribution in [-0.2, 0) is 0 Å². The van der Waals surface area contributed by atoms with Gasteiger partial charge in [0, 0.05) is 28.9 Å². The lowest BCUT2D eigenvalue weighted by molar-refractivity contribution is 0.639. The van der Waals surface area contributed by atoms with Gasteiger partial charge in [-0.1, -0.05) is 0 Å². The summed E-state index contributed by atoms with van der Waals surface area (Å²) in [6.45, 7) is 0. The molecule has 2 nitrogen and oxygen atoms in total. The average molecular weight is 162 g/mol. The van der Waals surface area contributed by atoms with Crippen molar-refractivity contribution in [3.8, 4) is 0 Å². The Labute approximate surface area is 68.8 Å². The third-order valence-corrected chi connectivity index (χ3v) is 1.80. The first-order valence-electron chi connectivity index (χ1n) is 3.57. The monoisotopic (exact) mass is 162 g/mol. The van der Waals surface area contributed by atoms with E-state index in [4.69, 9.17) is 5.73 Å². The van der Waals surface area contributed by atoms with Gasteiger partial charge in [0.2, 0.25) is 0 Å². The number of benzene rings is 1. The van der Waals surface area contributed by atoms with Crippen molar-refractivity contribution >= 4 is 16.5 Å². The summed E-state index contributed by atoms with van der Waals surface area (Å²) in [7, 11) is 0. The molecule has 0 aliphatic heterocycles. The molecule has 12 heavy (non-hydrogen) atoms. The van der Waals surface area contributed by atoms with Crippen molar-refractivity contribution in [2.45, 2.75) is 0 Å². The predicted octanol–water partition coefficient (Wildman–Crippen LogP) is 1.96. The van der Waals surface area contributed by atoms with Crippen LogP contribution >= 0.6 is 0 Å². The Kier molecular flexibility index (Phi) is 1.43. The number of nitrogens with two attached hydrogens (primary N) is 1. The van der Waals surface area contributed by atoms with Crippen LogP contribution < -0.4 is 5.73 Å². The van der Waals surface area contributed by atoms with Gasteiger partial charge in [0.1, 0.15) is 5.82 Å². The molecule has 2 aromatic rings. The molecule has 0 bridgehead atoms. The number of halogens is 1. The van der Waals surface area contributed by atoms with E-state index in [2.05, 4.69) is 4.98 Å². The highest BCUT2D eigenvalue weighted by Gasteiger charge is 2.01. The minimum absolute atomic E-state index is 0.285. The smallest absolute Gasteiger partial charge is 0.132 e. The normalized spacial score (nSPS) is 10.4. The molecule has 1 aromatic carbocycles. The summed E-state index contributed by atoms with van der Waals surface area (Å²) in [6, 6.07) is 4.60. The lowest BCUT2D eigenvalue weighted by Crippen LogP contribution is -1.89. The Morgan fingerprint density at radius 1 is 1.17 bits per heavy atom. The number of rotatable bonds is 0. The van der Waals surface area contributed by atoms with Crippen LogP contribution in [0, 0.1) is 5.82 Å². The number of nitrogen functional groups attached to an aromatic ring is 1. The quantitative estimate of drug-likeness (QED) is 0.601. The maximum Gasteiger partial charge on any atom is 0.132 e. The molecule has 1 heterocycles. The second-order valence-corrected chi connectivity index (χ2v) is 2.56. The average Bonchev–Trinajstić information content (AvgIpc) is 2.12. The molecule has 0 atom stereocenters. The minimum Gasteiger partial charge on any atom is -0.398 e. The van der Waals surface area contributed by atoms with Gasteiger partial charge in [-0.3, -0.25) is 4.98 Å². The number of nitrogens with zero attached hydrogens (tertiary/aromatic N) is 1. The maximum absolute atomic E-state index is 13.1. The zero-order valence-corrected chi connectivity index (χ0v) is 6.29. The summed E-state index contributed by atoms with van der Waals surface area (Å²) < 4.78 is 13.1. The summed E-state index contributed by atoms with van der Waals surface area (Å²) >= 11 is 0. The van der Waals surface area contributed by atoms with Gasteiger partial charge in [-0.15, -0.1) is 0 Å².